The predicted molar refractivity (Wildman–Crippen MR) is 341 cm³/mol. The zero-order valence-electron chi connectivity index (χ0n) is 62.8. The van der Waals surface area contributed by atoms with Crippen LogP contribution in [-0.2, 0) is 47.7 Å². The van der Waals surface area contributed by atoms with Crippen LogP contribution in [0.5, 0.6) is 0 Å². The number of alkyl halides is 30. The van der Waals surface area contributed by atoms with Crippen LogP contribution >= 0.6 is 0 Å². The normalized spacial score (nSPS) is 14.4. The van der Waals surface area contributed by atoms with Crippen molar-refractivity contribution in [1.82, 2.24) is 0 Å². The fourth-order valence-electron chi connectivity index (χ4n) is 8.22. The molecule has 0 aromatic heterocycles. The molecule has 0 heterocycles. The summed E-state index contributed by atoms with van der Waals surface area (Å²) >= 11 is 0. The minimum absolute atomic E-state index is 0.000485. The molecule has 0 aliphatic carbocycles. The summed E-state index contributed by atoms with van der Waals surface area (Å²) in [6, 6.07) is 0. The van der Waals surface area contributed by atoms with Gasteiger partial charge < -0.3 is 23.7 Å². The maximum atomic E-state index is 13.0. The lowest BCUT2D eigenvalue weighted by molar-refractivity contribution is -0.342. The number of hydrogen-bond donors (Lipinski definition) is 0. The number of halogens is 30. The summed E-state index contributed by atoms with van der Waals surface area (Å²) in [5.41, 5.74) is -19.2. The van der Waals surface area contributed by atoms with E-state index >= 15 is 0 Å². The molecule has 0 aliphatic heterocycles. The molecule has 4 atom stereocenters. The number of unbranched alkanes of at least 4 members (excludes halogenated alkanes) is 1. The van der Waals surface area contributed by atoms with Crippen molar-refractivity contribution in [1.29, 1.82) is 0 Å². The van der Waals surface area contributed by atoms with Gasteiger partial charge in [0, 0.05) is 47.1 Å². The lowest BCUT2D eigenvalue weighted by Gasteiger charge is -2.36. The van der Waals surface area contributed by atoms with Gasteiger partial charge in [0.15, 0.2) is 27.1 Å². The molecule has 0 aromatic carbocycles. The van der Waals surface area contributed by atoms with Gasteiger partial charge in [0.05, 0.1) is 12.7 Å². The molecule has 0 amide bonds. The largest absolute Gasteiger partial charge is 0.462 e. The molecular formula is C69H98F30O10. The van der Waals surface area contributed by atoms with Crippen LogP contribution in [-0.4, -0.2) is 123 Å². The number of esters is 5. The minimum Gasteiger partial charge on any atom is -0.462 e. The maximum Gasteiger partial charge on any atom is 0.403 e. The Morgan fingerprint density at radius 2 is 0.532 bits per heavy atom. The Morgan fingerprint density at radius 3 is 0.780 bits per heavy atom. The van der Waals surface area contributed by atoms with Gasteiger partial charge in [-0.2, -0.15) is 132 Å². The molecule has 109 heavy (non-hydrogen) atoms. The zero-order chi connectivity index (χ0) is 88.1. The maximum absolute atomic E-state index is 13.0. The highest BCUT2D eigenvalue weighted by atomic mass is 19.5. The monoisotopic (exact) mass is 1660 g/mol. The van der Waals surface area contributed by atoms with Crippen LogP contribution in [0.15, 0.2) is 60.8 Å². The molecule has 0 bridgehead atoms. The number of hydrogen-bond acceptors (Lipinski definition) is 10. The summed E-state index contributed by atoms with van der Waals surface area (Å²) in [5.74, 6) is -4.76. The van der Waals surface area contributed by atoms with Crippen molar-refractivity contribution in [2.24, 2.45) is 33.0 Å². The highest BCUT2D eigenvalue weighted by Crippen LogP contribution is 2.58. The van der Waals surface area contributed by atoms with E-state index in [-0.39, 0.29) is 120 Å². The second-order valence-corrected chi connectivity index (χ2v) is 26.7. The van der Waals surface area contributed by atoms with Crippen molar-refractivity contribution < 1.29 is 179 Å². The van der Waals surface area contributed by atoms with Gasteiger partial charge in [-0.05, 0) is 125 Å². The number of rotatable bonds is 34. The van der Waals surface area contributed by atoms with Crippen LogP contribution in [0, 0.1) is 33.0 Å². The van der Waals surface area contributed by atoms with Crippen LogP contribution in [0.1, 0.15) is 219 Å². The Morgan fingerprint density at radius 1 is 0.294 bits per heavy atom. The summed E-state index contributed by atoms with van der Waals surface area (Å²) in [7, 11) is 0. The average molecular weight is 1660 g/mol. The Kier molecular flexibility index (Phi) is 45.4. The Bertz CT molecular complexity index is 2780. The van der Waals surface area contributed by atoms with Gasteiger partial charge in [-0.3, -0.25) is 0 Å². The van der Waals surface area contributed by atoms with Crippen LogP contribution < -0.4 is 0 Å². The lowest BCUT2D eigenvalue weighted by Crippen LogP contribution is -2.50. The standard InChI is InChI=1S/2C15H22F6O2.C14H20F6O2.C13H18F6O2.C12H16F6O2/c1-6-10(4)12(22)23-11(7-9(2)3)8-13(5,14(16,17)18)15(19,20)21;1-5-7-8-11(23-12(22)10(3)6-2)9-13(4,14(16,17)18)15(19,20)21;1-5-7-10(22-11(21)9(3)6-2)8-12(4,13(15,16)17)14(18,19)20;1-5-8(2)10(20)21-9(3)6-7-11(4,12(14,15)16)13(17,18)19;1-4-8(2)9(19)20-7-5-6-10(3,11(13,14)15)12(16,17)18/h9,11H,4,6-8H2,1-3,5H3;11H,3,5-9H2,1-2,4H3;10H,3,5-8H2,1-2,4H3;9H,2,5-7H2,1,3-4H3;2,4-7H2,1,3H3. The Hall–Kier alpha value is -6.05. The highest BCUT2D eigenvalue weighted by Gasteiger charge is 2.72. The minimum atomic E-state index is -5.51. The molecule has 4 unspecified atom stereocenters. The second kappa shape index (κ2) is 44.4. The van der Waals surface area contributed by atoms with Crippen LogP contribution in [0.25, 0.3) is 0 Å². The van der Waals surface area contributed by atoms with E-state index in [1.54, 1.807) is 62.3 Å². The van der Waals surface area contributed by atoms with Gasteiger partial charge in [-0.15, -0.1) is 0 Å². The van der Waals surface area contributed by atoms with Gasteiger partial charge in [-0.1, -0.05) is 114 Å². The summed E-state index contributed by atoms with van der Waals surface area (Å²) in [6.07, 6.45) is -65.7. The van der Waals surface area contributed by atoms with E-state index < -0.39 is 195 Å². The molecule has 10 nitrogen and oxygen atoms in total. The summed E-state index contributed by atoms with van der Waals surface area (Å²) < 4.78 is 408. The van der Waals surface area contributed by atoms with Crippen molar-refractivity contribution in [2.75, 3.05) is 6.61 Å². The van der Waals surface area contributed by atoms with E-state index in [2.05, 4.69) is 37.6 Å². The van der Waals surface area contributed by atoms with E-state index in [9.17, 15) is 156 Å². The predicted octanol–water partition coefficient (Wildman–Crippen LogP) is 25.4. The van der Waals surface area contributed by atoms with Crippen molar-refractivity contribution in [3.8, 4) is 0 Å². The number of carbonyl (C=O) groups is 5. The molecule has 0 saturated heterocycles. The molecule has 0 fully saturated rings. The third-order valence-electron chi connectivity index (χ3n) is 17.2. The first-order valence-corrected chi connectivity index (χ1v) is 33.4. The molecule has 0 spiro atoms. The van der Waals surface area contributed by atoms with Crippen LogP contribution in [0.2, 0.25) is 0 Å². The van der Waals surface area contributed by atoms with E-state index in [0.29, 0.717) is 19.3 Å². The first-order valence-electron chi connectivity index (χ1n) is 33.4. The zero-order valence-corrected chi connectivity index (χ0v) is 62.8. The molecule has 40 heteroatoms. The molecule has 0 rings (SSSR count). The molecule has 644 valence electrons. The quantitative estimate of drug-likeness (QED) is 0.0202. The van der Waals surface area contributed by atoms with Gasteiger partial charge in [-0.25, -0.2) is 24.0 Å². The topological polar surface area (TPSA) is 132 Å². The number of carbonyl (C=O) groups excluding carboxylic acids is 5. The van der Waals surface area contributed by atoms with E-state index in [1.165, 1.54) is 6.92 Å². The molecule has 0 N–H and O–H groups in total. The Labute approximate surface area is 613 Å². The van der Waals surface area contributed by atoms with Gasteiger partial charge in [0.1, 0.15) is 18.3 Å². The average Bonchev–Trinajstić information content (AvgIpc) is 0.804. The summed E-state index contributed by atoms with van der Waals surface area (Å²) in [6.45, 7) is 32.6. The first-order chi connectivity index (χ1) is 48.4. The van der Waals surface area contributed by atoms with Gasteiger partial charge >= 0.3 is 91.6 Å². The summed E-state index contributed by atoms with van der Waals surface area (Å²) in [4.78, 5) is 57.3. The van der Waals surface area contributed by atoms with Gasteiger partial charge in [0.25, 0.3) is 0 Å². The van der Waals surface area contributed by atoms with Crippen molar-refractivity contribution >= 4 is 29.8 Å². The first kappa shape index (κ1) is 112. The highest BCUT2D eigenvalue weighted by molar-refractivity contribution is 5.89. The molecule has 0 radical (unpaired) electrons. The molecule has 0 aromatic rings. The SMILES string of the molecule is C=C(CC)C(=O)OC(C)CCC(C)(C(F)(F)F)C(F)(F)F.C=C(CC)C(=O)OC(CC(C)C)CC(C)(C(F)(F)F)C(F)(F)F.C=C(CC)C(=O)OC(CCC)CC(C)(C(F)(F)F)C(F)(F)F.C=C(CC)C(=O)OC(CCCC)CC(C)(C(F)(F)F)C(F)(F)F.C=C(CC)C(=O)OCCCC(C)(C(F)(F)F)C(F)(F)F. The molecular weight excluding hydrogens is 1560 g/mol. The fraction of sp³-hybridized carbons (Fsp3) is 0.783. The van der Waals surface area contributed by atoms with Crippen molar-refractivity contribution in [3.05, 3.63) is 60.8 Å². The lowest BCUT2D eigenvalue weighted by atomic mass is 9.81. The van der Waals surface area contributed by atoms with E-state index in [4.69, 9.17) is 18.9 Å². The fourth-order valence-corrected chi connectivity index (χ4v) is 8.22. The van der Waals surface area contributed by atoms with E-state index in [0.717, 1.165) is 0 Å². The van der Waals surface area contributed by atoms with E-state index in [1.807, 2.05) is 0 Å². The smallest absolute Gasteiger partial charge is 0.403 e. The third kappa shape index (κ3) is 35.3. The molecule has 0 saturated carbocycles. The summed E-state index contributed by atoms with van der Waals surface area (Å²) in [5, 5.41) is 0. The second-order valence-electron chi connectivity index (χ2n) is 26.7. The third-order valence-corrected chi connectivity index (χ3v) is 17.2. The van der Waals surface area contributed by atoms with Gasteiger partial charge in [0.2, 0.25) is 0 Å². The van der Waals surface area contributed by atoms with Crippen LogP contribution in [0.4, 0.5) is 132 Å². The number of ether oxygens (including phenoxy) is 5. The molecule has 0 aliphatic rings. The van der Waals surface area contributed by atoms with Crippen molar-refractivity contribution in [2.45, 2.75) is 306 Å². The Balaban J connectivity index is -0.000000414. The van der Waals surface area contributed by atoms with Crippen LogP contribution in [0.3, 0.4) is 0 Å². The van der Waals surface area contributed by atoms with Crippen molar-refractivity contribution in [3.63, 3.8) is 0 Å².